The SMILES string of the molecule is CN=C(C1=C(NC(=O)N[C@H](C(=O)NCCCN(C)C)C(C)(C)C)CCOC1)c1ccc(F)c(F)c1. The Morgan fingerprint density at radius 1 is 1.20 bits per heavy atom. The van der Waals surface area contributed by atoms with Gasteiger partial charge in [-0.15, -0.1) is 0 Å². The predicted octanol–water partition coefficient (Wildman–Crippen LogP) is 2.84. The largest absolute Gasteiger partial charge is 0.376 e. The summed E-state index contributed by atoms with van der Waals surface area (Å²) in [6.07, 6.45) is 1.18. The Morgan fingerprint density at radius 3 is 2.51 bits per heavy atom. The summed E-state index contributed by atoms with van der Waals surface area (Å²) in [5.74, 6) is -2.20. The first-order valence-corrected chi connectivity index (χ1v) is 11.7. The standard InChI is InChI=1S/C25H37F2N5O3/c1-25(2,3)22(23(33)29-11-7-12-32(5)6)31-24(34)30-20-10-13-35-15-17(20)21(28-4)16-8-9-18(26)19(27)14-16/h8-9,14,22H,7,10-13,15H2,1-6H3,(H,29,33)(H2,30,31,34)/t22-/m1/s1. The lowest BCUT2D eigenvalue weighted by Crippen LogP contribution is -2.56. The first-order chi connectivity index (χ1) is 16.4. The number of halogens is 2. The van der Waals surface area contributed by atoms with Crippen molar-refractivity contribution in [3.63, 3.8) is 0 Å². The van der Waals surface area contributed by atoms with E-state index in [2.05, 4.69) is 20.9 Å². The van der Waals surface area contributed by atoms with Crippen LogP contribution in [0.5, 0.6) is 0 Å². The van der Waals surface area contributed by atoms with E-state index in [-0.39, 0.29) is 12.5 Å². The molecule has 0 saturated carbocycles. The van der Waals surface area contributed by atoms with Gasteiger partial charge in [-0.05, 0) is 50.7 Å². The monoisotopic (exact) mass is 493 g/mol. The highest BCUT2D eigenvalue weighted by molar-refractivity contribution is 6.13. The Balaban J connectivity index is 2.18. The minimum atomic E-state index is -0.988. The zero-order chi connectivity index (χ0) is 26.2. The minimum absolute atomic E-state index is 0.149. The van der Waals surface area contributed by atoms with Crippen LogP contribution >= 0.6 is 0 Å². The van der Waals surface area contributed by atoms with Crippen molar-refractivity contribution < 1.29 is 23.1 Å². The average molecular weight is 494 g/mol. The van der Waals surface area contributed by atoms with Crippen molar-refractivity contribution in [1.82, 2.24) is 20.9 Å². The summed E-state index contributed by atoms with van der Waals surface area (Å²) in [5.41, 5.74) is 1.36. The van der Waals surface area contributed by atoms with E-state index in [1.165, 1.54) is 13.1 Å². The molecular formula is C25H37F2N5O3. The third kappa shape index (κ3) is 8.40. The number of hydrogen-bond acceptors (Lipinski definition) is 5. The molecule has 1 aliphatic rings. The molecule has 0 unspecified atom stereocenters. The van der Waals surface area contributed by atoms with Crippen LogP contribution in [-0.4, -0.2) is 76.0 Å². The maximum absolute atomic E-state index is 13.8. The number of aliphatic imine (C=N–C) groups is 1. The molecule has 35 heavy (non-hydrogen) atoms. The van der Waals surface area contributed by atoms with Gasteiger partial charge in [0.1, 0.15) is 6.04 Å². The van der Waals surface area contributed by atoms with Crippen LogP contribution in [0.25, 0.3) is 0 Å². The normalized spacial score (nSPS) is 15.7. The van der Waals surface area contributed by atoms with Gasteiger partial charge in [-0.2, -0.15) is 0 Å². The number of amides is 3. The van der Waals surface area contributed by atoms with E-state index in [4.69, 9.17) is 4.74 Å². The Kier molecular flexibility index (Phi) is 10.3. The summed E-state index contributed by atoms with van der Waals surface area (Å²) >= 11 is 0. The van der Waals surface area contributed by atoms with Crippen LogP contribution in [0.1, 0.15) is 39.2 Å². The maximum atomic E-state index is 13.8. The Labute approximate surface area is 206 Å². The maximum Gasteiger partial charge on any atom is 0.319 e. The number of nitrogens with one attached hydrogen (secondary N) is 3. The summed E-state index contributed by atoms with van der Waals surface area (Å²) in [4.78, 5) is 32.1. The smallest absolute Gasteiger partial charge is 0.319 e. The highest BCUT2D eigenvalue weighted by Gasteiger charge is 2.33. The Bertz CT molecular complexity index is 970. The van der Waals surface area contributed by atoms with Gasteiger partial charge in [0.25, 0.3) is 0 Å². The molecule has 1 aromatic rings. The van der Waals surface area contributed by atoms with Gasteiger partial charge < -0.3 is 25.6 Å². The fourth-order valence-corrected chi connectivity index (χ4v) is 3.71. The zero-order valence-corrected chi connectivity index (χ0v) is 21.4. The second-order valence-corrected chi connectivity index (χ2v) is 9.81. The molecule has 2 rings (SSSR count). The number of carbonyl (C=O) groups is 2. The van der Waals surface area contributed by atoms with Gasteiger partial charge in [0.05, 0.1) is 18.9 Å². The topological polar surface area (TPSA) is 95.1 Å². The van der Waals surface area contributed by atoms with Crippen LogP contribution in [0.15, 0.2) is 34.5 Å². The van der Waals surface area contributed by atoms with Crippen molar-refractivity contribution in [2.45, 2.75) is 39.7 Å². The van der Waals surface area contributed by atoms with E-state index in [1.54, 1.807) is 0 Å². The average Bonchev–Trinajstić information content (AvgIpc) is 2.78. The van der Waals surface area contributed by atoms with Crippen LogP contribution in [0.2, 0.25) is 0 Å². The predicted molar refractivity (Wildman–Crippen MR) is 132 cm³/mol. The van der Waals surface area contributed by atoms with E-state index < -0.39 is 29.1 Å². The number of carbonyl (C=O) groups excluding carboxylic acids is 2. The van der Waals surface area contributed by atoms with Crippen LogP contribution in [0, 0.1) is 17.0 Å². The minimum Gasteiger partial charge on any atom is -0.376 e. The third-order valence-electron chi connectivity index (χ3n) is 5.56. The lowest BCUT2D eigenvalue weighted by molar-refractivity contribution is -0.125. The molecule has 0 saturated heterocycles. The molecule has 1 aromatic carbocycles. The lowest BCUT2D eigenvalue weighted by atomic mass is 9.86. The molecule has 1 atom stereocenters. The highest BCUT2D eigenvalue weighted by Crippen LogP contribution is 2.22. The van der Waals surface area contributed by atoms with Crippen molar-refractivity contribution >= 4 is 17.6 Å². The molecule has 0 fully saturated rings. The fraction of sp³-hybridized carbons (Fsp3) is 0.560. The zero-order valence-electron chi connectivity index (χ0n) is 21.4. The van der Waals surface area contributed by atoms with Gasteiger partial charge in [0, 0.05) is 36.8 Å². The second kappa shape index (κ2) is 12.7. The number of nitrogens with zero attached hydrogens (tertiary/aromatic N) is 2. The number of urea groups is 1. The van der Waals surface area contributed by atoms with Crippen LogP contribution in [0.4, 0.5) is 13.6 Å². The van der Waals surface area contributed by atoms with E-state index in [0.29, 0.717) is 42.1 Å². The van der Waals surface area contributed by atoms with E-state index in [9.17, 15) is 18.4 Å². The first kappa shape index (κ1) is 28.4. The number of ether oxygens (including phenoxy) is 1. The van der Waals surface area contributed by atoms with Crippen molar-refractivity contribution in [2.75, 3.05) is 47.4 Å². The quantitative estimate of drug-likeness (QED) is 0.364. The lowest BCUT2D eigenvalue weighted by Gasteiger charge is -2.31. The van der Waals surface area contributed by atoms with Gasteiger partial charge in [-0.1, -0.05) is 20.8 Å². The molecular weight excluding hydrogens is 456 g/mol. The molecule has 1 heterocycles. The summed E-state index contributed by atoms with van der Waals surface area (Å²) in [6, 6.07) is 2.22. The van der Waals surface area contributed by atoms with Gasteiger partial charge in [-0.3, -0.25) is 9.79 Å². The molecule has 3 N–H and O–H groups in total. The molecule has 0 aliphatic carbocycles. The van der Waals surface area contributed by atoms with Gasteiger partial charge in [0.15, 0.2) is 11.6 Å². The number of rotatable bonds is 9. The molecule has 194 valence electrons. The number of hydrogen-bond donors (Lipinski definition) is 3. The molecule has 0 bridgehead atoms. The molecule has 3 amide bonds. The second-order valence-electron chi connectivity index (χ2n) is 9.81. The van der Waals surface area contributed by atoms with Crippen molar-refractivity contribution in [3.8, 4) is 0 Å². The van der Waals surface area contributed by atoms with E-state index >= 15 is 0 Å². The molecule has 0 spiro atoms. The Morgan fingerprint density at radius 2 is 1.91 bits per heavy atom. The molecule has 1 aliphatic heterocycles. The summed E-state index contributed by atoms with van der Waals surface area (Å²) < 4.78 is 32.8. The first-order valence-electron chi connectivity index (χ1n) is 11.7. The van der Waals surface area contributed by atoms with Crippen LogP contribution in [-0.2, 0) is 9.53 Å². The number of benzene rings is 1. The molecule has 0 aromatic heterocycles. The summed E-state index contributed by atoms with van der Waals surface area (Å²) in [5, 5.41) is 8.52. The van der Waals surface area contributed by atoms with Gasteiger partial charge in [-0.25, -0.2) is 13.6 Å². The van der Waals surface area contributed by atoms with E-state index in [1.807, 2.05) is 39.8 Å². The summed E-state index contributed by atoms with van der Waals surface area (Å²) in [6.45, 7) is 7.50. The fourth-order valence-electron chi connectivity index (χ4n) is 3.71. The highest BCUT2D eigenvalue weighted by atomic mass is 19.2. The molecule has 8 nitrogen and oxygen atoms in total. The van der Waals surface area contributed by atoms with E-state index in [0.717, 1.165) is 25.1 Å². The van der Waals surface area contributed by atoms with Gasteiger partial charge >= 0.3 is 6.03 Å². The molecule has 10 heteroatoms. The van der Waals surface area contributed by atoms with Crippen LogP contribution in [0.3, 0.4) is 0 Å². The van der Waals surface area contributed by atoms with Gasteiger partial charge in [0.2, 0.25) is 5.91 Å². The summed E-state index contributed by atoms with van der Waals surface area (Å²) in [7, 11) is 5.46. The molecule has 0 radical (unpaired) electrons. The Hall–Kier alpha value is -2.85. The van der Waals surface area contributed by atoms with Crippen LogP contribution < -0.4 is 16.0 Å². The third-order valence-corrected chi connectivity index (χ3v) is 5.56. The van der Waals surface area contributed by atoms with Crippen molar-refractivity contribution in [2.24, 2.45) is 10.4 Å². The van der Waals surface area contributed by atoms with Crippen molar-refractivity contribution in [1.29, 1.82) is 0 Å². The van der Waals surface area contributed by atoms with Crippen molar-refractivity contribution in [3.05, 3.63) is 46.7 Å².